The maximum absolute atomic E-state index is 12.4. The number of hydrogen-bond donors (Lipinski definition) is 1. The van der Waals surface area contributed by atoms with Crippen molar-refractivity contribution in [2.45, 2.75) is 13.3 Å². The number of methoxy groups -OCH3 is 1. The van der Waals surface area contributed by atoms with Gasteiger partial charge in [0.1, 0.15) is 11.4 Å². The SMILES string of the molecule is COc1ccc(C)cc1CCNC(=O)c1ccc(-n2ccnc2)c([N+](=O)[O-])c1. The van der Waals surface area contributed by atoms with Gasteiger partial charge in [-0.15, -0.1) is 0 Å². The van der Waals surface area contributed by atoms with Crippen LogP contribution in [0.25, 0.3) is 5.69 Å². The summed E-state index contributed by atoms with van der Waals surface area (Å²) < 4.78 is 6.87. The minimum absolute atomic E-state index is 0.161. The largest absolute Gasteiger partial charge is 0.496 e. The molecule has 1 N–H and O–H groups in total. The van der Waals surface area contributed by atoms with Gasteiger partial charge in [0.05, 0.1) is 18.4 Å². The Morgan fingerprint density at radius 2 is 2.11 bits per heavy atom. The summed E-state index contributed by atoms with van der Waals surface area (Å²) >= 11 is 0. The normalized spacial score (nSPS) is 10.5. The Kier molecular flexibility index (Phi) is 5.69. The first kappa shape index (κ1) is 19.1. The van der Waals surface area contributed by atoms with E-state index in [1.165, 1.54) is 29.2 Å². The molecule has 0 unspecified atom stereocenters. The van der Waals surface area contributed by atoms with Gasteiger partial charge in [0.15, 0.2) is 0 Å². The van der Waals surface area contributed by atoms with Crippen molar-refractivity contribution in [1.82, 2.24) is 14.9 Å². The van der Waals surface area contributed by atoms with E-state index < -0.39 is 4.92 Å². The zero-order valence-corrected chi connectivity index (χ0v) is 15.6. The van der Waals surface area contributed by atoms with Crippen LogP contribution in [0.5, 0.6) is 5.75 Å². The lowest BCUT2D eigenvalue weighted by molar-refractivity contribution is -0.384. The van der Waals surface area contributed by atoms with E-state index in [1.54, 1.807) is 19.4 Å². The van der Waals surface area contributed by atoms with Crippen molar-refractivity contribution >= 4 is 11.6 Å². The molecular weight excluding hydrogens is 360 g/mol. The van der Waals surface area contributed by atoms with Gasteiger partial charge in [0.25, 0.3) is 11.6 Å². The summed E-state index contributed by atoms with van der Waals surface area (Å²) in [5.41, 5.74) is 2.51. The van der Waals surface area contributed by atoms with Crippen molar-refractivity contribution in [2.24, 2.45) is 0 Å². The van der Waals surface area contributed by atoms with Gasteiger partial charge in [-0.1, -0.05) is 17.7 Å². The first-order valence-corrected chi connectivity index (χ1v) is 8.68. The molecule has 0 spiro atoms. The van der Waals surface area contributed by atoms with Crippen LogP contribution >= 0.6 is 0 Å². The second-order valence-corrected chi connectivity index (χ2v) is 6.25. The third kappa shape index (κ3) is 4.17. The zero-order chi connectivity index (χ0) is 20.1. The summed E-state index contributed by atoms with van der Waals surface area (Å²) in [7, 11) is 1.60. The third-order valence-corrected chi connectivity index (χ3v) is 4.33. The minimum Gasteiger partial charge on any atom is -0.496 e. The van der Waals surface area contributed by atoms with E-state index in [9.17, 15) is 14.9 Å². The number of nitrogens with one attached hydrogen (secondary N) is 1. The van der Waals surface area contributed by atoms with Gasteiger partial charge in [-0.2, -0.15) is 0 Å². The summed E-state index contributed by atoms with van der Waals surface area (Å²) in [6.07, 6.45) is 5.20. The lowest BCUT2D eigenvalue weighted by atomic mass is 10.1. The molecule has 0 aliphatic carbocycles. The second kappa shape index (κ2) is 8.34. The molecule has 0 atom stereocenters. The number of carbonyl (C=O) groups is 1. The quantitative estimate of drug-likeness (QED) is 0.502. The average Bonchev–Trinajstić information content (AvgIpc) is 3.22. The van der Waals surface area contributed by atoms with Crippen molar-refractivity contribution in [3.63, 3.8) is 0 Å². The van der Waals surface area contributed by atoms with Crippen LogP contribution < -0.4 is 10.1 Å². The van der Waals surface area contributed by atoms with Gasteiger partial charge < -0.3 is 14.6 Å². The number of nitro benzene ring substituents is 1. The topological polar surface area (TPSA) is 99.3 Å². The highest BCUT2D eigenvalue weighted by molar-refractivity contribution is 5.95. The first-order chi connectivity index (χ1) is 13.5. The summed E-state index contributed by atoms with van der Waals surface area (Å²) in [5.74, 6) is 0.395. The van der Waals surface area contributed by atoms with E-state index >= 15 is 0 Å². The van der Waals surface area contributed by atoms with Gasteiger partial charge in [0.2, 0.25) is 0 Å². The van der Waals surface area contributed by atoms with Crippen LogP contribution in [0.4, 0.5) is 5.69 Å². The number of amides is 1. The van der Waals surface area contributed by atoms with Gasteiger partial charge >= 0.3 is 0 Å². The van der Waals surface area contributed by atoms with Crippen LogP contribution in [0, 0.1) is 17.0 Å². The Bertz CT molecular complexity index is 999. The van der Waals surface area contributed by atoms with Crippen molar-refractivity contribution in [3.8, 4) is 11.4 Å². The number of imidazole rings is 1. The smallest absolute Gasteiger partial charge is 0.294 e. The molecule has 0 aliphatic rings. The van der Waals surface area contributed by atoms with Crippen molar-refractivity contribution in [3.05, 3.63) is 81.9 Å². The molecule has 28 heavy (non-hydrogen) atoms. The lowest BCUT2D eigenvalue weighted by Crippen LogP contribution is -2.26. The van der Waals surface area contributed by atoms with Crippen molar-refractivity contribution in [2.75, 3.05) is 13.7 Å². The minimum atomic E-state index is -0.510. The summed E-state index contributed by atoms with van der Waals surface area (Å²) in [6, 6.07) is 10.2. The molecular formula is C20H20N4O4. The van der Waals surface area contributed by atoms with Crippen LogP contribution in [0.15, 0.2) is 55.1 Å². The Balaban J connectivity index is 1.72. The molecule has 3 aromatic rings. The Morgan fingerprint density at radius 1 is 1.29 bits per heavy atom. The van der Waals surface area contributed by atoms with Crippen LogP contribution in [-0.4, -0.2) is 34.0 Å². The molecule has 0 radical (unpaired) electrons. The van der Waals surface area contributed by atoms with Crippen LogP contribution in [0.3, 0.4) is 0 Å². The number of benzene rings is 2. The van der Waals surface area contributed by atoms with E-state index in [4.69, 9.17) is 4.74 Å². The molecule has 8 heteroatoms. The molecule has 0 aliphatic heterocycles. The molecule has 8 nitrogen and oxygen atoms in total. The number of carbonyl (C=O) groups excluding carboxylic acids is 1. The van der Waals surface area contributed by atoms with Crippen LogP contribution in [0.2, 0.25) is 0 Å². The van der Waals surface area contributed by atoms with E-state index in [1.807, 2.05) is 25.1 Å². The Labute approximate surface area is 161 Å². The molecule has 144 valence electrons. The summed E-state index contributed by atoms with van der Waals surface area (Å²) in [6.45, 7) is 2.37. The number of nitro groups is 1. The number of rotatable bonds is 7. The second-order valence-electron chi connectivity index (χ2n) is 6.25. The molecule has 0 fully saturated rings. The summed E-state index contributed by atoms with van der Waals surface area (Å²) in [5, 5.41) is 14.2. The van der Waals surface area contributed by atoms with E-state index in [2.05, 4.69) is 10.3 Å². The van der Waals surface area contributed by atoms with Gasteiger partial charge in [0, 0.05) is 30.6 Å². The number of hydrogen-bond acceptors (Lipinski definition) is 5. The maximum Gasteiger partial charge on any atom is 0.294 e. The summed E-state index contributed by atoms with van der Waals surface area (Å²) in [4.78, 5) is 27.3. The zero-order valence-electron chi connectivity index (χ0n) is 15.6. The number of ether oxygens (including phenoxy) is 1. The van der Waals surface area contributed by atoms with Gasteiger partial charge in [-0.3, -0.25) is 14.9 Å². The number of aromatic nitrogens is 2. The molecule has 0 bridgehead atoms. The molecule has 3 rings (SSSR count). The van der Waals surface area contributed by atoms with Gasteiger partial charge in [-0.05, 0) is 37.1 Å². The highest BCUT2D eigenvalue weighted by atomic mass is 16.6. The fourth-order valence-corrected chi connectivity index (χ4v) is 2.95. The Morgan fingerprint density at radius 3 is 2.79 bits per heavy atom. The van der Waals surface area contributed by atoms with Crippen molar-refractivity contribution < 1.29 is 14.5 Å². The van der Waals surface area contributed by atoms with E-state index in [0.717, 1.165) is 16.9 Å². The fourth-order valence-electron chi connectivity index (χ4n) is 2.95. The van der Waals surface area contributed by atoms with Crippen LogP contribution in [0.1, 0.15) is 21.5 Å². The van der Waals surface area contributed by atoms with E-state index in [0.29, 0.717) is 18.7 Å². The molecule has 2 aromatic carbocycles. The first-order valence-electron chi connectivity index (χ1n) is 8.68. The average molecular weight is 380 g/mol. The Hall–Kier alpha value is -3.68. The molecule has 1 heterocycles. The highest BCUT2D eigenvalue weighted by Gasteiger charge is 2.18. The van der Waals surface area contributed by atoms with Crippen molar-refractivity contribution in [1.29, 1.82) is 0 Å². The van der Waals surface area contributed by atoms with Crippen LogP contribution in [-0.2, 0) is 6.42 Å². The van der Waals surface area contributed by atoms with Gasteiger partial charge in [-0.25, -0.2) is 4.98 Å². The molecule has 0 saturated heterocycles. The molecule has 1 aromatic heterocycles. The number of aryl methyl sites for hydroxylation is 1. The maximum atomic E-state index is 12.4. The monoisotopic (exact) mass is 380 g/mol. The third-order valence-electron chi connectivity index (χ3n) is 4.33. The highest BCUT2D eigenvalue weighted by Crippen LogP contribution is 2.24. The fraction of sp³-hybridized carbons (Fsp3) is 0.200. The van der Waals surface area contributed by atoms with E-state index in [-0.39, 0.29) is 17.2 Å². The molecule has 1 amide bonds. The standard InChI is InChI=1S/C20H20N4O4/c1-14-3-6-19(28-2)15(11-14)7-8-22-20(25)16-4-5-17(18(12-16)24(26)27)23-10-9-21-13-23/h3-6,9-13H,7-8H2,1-2H3,(H,22,25). The predicted octanol–water partition coefficient (Wildman–Crippen LogP) is 3.07. The number of nitrogens with zero attached hydrogens (tertiary/aromatic N) is 3. The molecule has 0 saturated carbocycles. The predicted molar refractivity (Wildman–Crippen MR) is 104 cm³/mol. The lowest BCUT2D eigenvalue weighted by Gasteiger charge is -2.11.